The van der Waals surface area contributed by atoms with E-state index in [-0.39, 0.29) is 5.75 Å². The van der Waals surface area contributed by atoms with E-state index in [0.717, 1.165) is 36.5 Å². The summed E-state index contributed by atoms with van der Waals surface area (Å²) in [5.74, 6) is 3.61. The molecule has 0 aliphatic heterocycles. The summed E-state index contributed by atoms with van der Waals surface area (Å²) in [6.07, 6.45) is 11.4. The van der Waals surface area contributed by atoms with Crippen LogP contribution < -0.4 is 0 Å². The van der Waals surface area contributed by atoms with Crippen molar-refractivity contribution in [3.8, 4) is 0 Å². The van der Waals surface area contributed by atoms with Crippen molar-refractivity contribution in [2.75, 3.05) is 5.75 Å². The van der Waals surface area contributed by atoms with Crippen LogP contribution in [0.5, 0.6) is 0 Å². The van der Waals surface area contributed by atoms with E-state index in [2.05, 4.69) is 6.92 Å². The fourth-order valence-corrected chi connectivity index (χ4v) is 6.39. The molecule has 0 radical (unpaired) electrons. The first-order chi connectivity index (χ1) is 9.36. The van der Waals surface area contributed by atoms with Gasteiger partial charge in [-0.05, 0) is 74.0 Å². The van der Waals surface area contributed by atoms with E-state index < -0.39 is 10.1 Å². The Hall–Kier alpha value is -0.0900. The summed E-state index contributed by atoms with van der Waals surface area (Å²) in [6.45, 7) is 2.39. The molecule has 4 bridgehead atoms. The highest BCUT2D eigenvalue weighted by Gasteiger charge is 2.52. The predicted molar refractivity (Wildman–Crippen MR) is 80.0 cm³/mol. The van der Waals surface area contributed by atoms with Crippen LogP contribution in [-0.2, 0) is 10.1 Å². The molecule has 1 N–H and O–H groups in total. The zero-order chi connectivity index (χ0) is 14.4. The second-order valence-corrected chi connectivity index (χ2v) is 9.53. The lowest BCUT2D eigenvalue weighted by Crippen LogP contribution is -2.49. The van der Waals surface area contributed by atoms with Gasteiger partial charge in [0.15, 0.2) is 0 Å². The smallest absolute Gasteiger partial charge is 0.264 e. The summed E-state index contributed by atoms with van der Waals surface area (Å²) in [5, 5.41) is 0. The van der Waals surface area contributed by atoms with Gasteiger partial charge in [0, 0.05) is 0 Å². The minimum Gasteiger partial charge on any atom is -0.286 e. The Labute approximate surface area is 123 Å². The molecular weight excluding hydrogens is 272 g/mol. The highest BCUT2D eigenvalue weighted by atomic mass is 32.2. The highest BCUT2D eigenvalue weighted by molar-refractivity contribution is 7.85. The van der Waals surface area contributed by atoms with Gasteiger partial charge in [0.1, 0.15) is 0 Å². The minimum atomic E-state index is -3.77. The molecule has 116 valence electrons. The van der Waals surface area contributed by atoms with E-state index in [9.17, 15) is 8.42 Å². The second kappa shape index (κ2) is 5.28. The van der Waals surface area contributed by atoms with Gasteiger partial charge in [-0.2, -0.15) is 8.42 Å². The van der Waals surface area contributed by atoms with Crippen molar-refractivity contribution < 1.29 is 13.0 Å². The van der Waals surface area contributed by atoms with Crippen LogP contribution in [-0.4, -0.2) is 18.7 Å². The van der Waals surface area contributed by atoms with Gasteiger partial charge < -0.3 is 0 Å². The Morgan fingerprint density at radius 3 is 2.00 bits per heavy atom. The van der Waals surface area contributed by atoms with Crippen molar-refractivity contribution in [2.45, 2.75) is 64.7 Å². The van der Waals surface area contributed by atoms with Crippen molar-refractivity contribution in [1.29, 1.82) is 0 Å². The zero-order valence-corrected chi connectivity index (χ0v) is 13.4. The molecule has 4 aliphatic rings. The molecule has 4 heteroatoms. The standard InChI is InChI=1S/C16H28O3S/c1-12(4-2-3-5-20(17,18)19)16-9-13-6-14(10-16)8-15(7-13)11-16/h12-15H,2-11H2,1H3,(H,17,18,19). The first kappa shape index (κ1) is 14.8. The quantitative estimate of drug-likeness (QED) is 0.598. The maximum absolute atomic E-state index is 10.8. The van der Waals surface area contributed by atoms with Gasteiger partial charge in [0.2, 0.25) is 0 Å². The molecule has 0 aromatic rings. The number of hydrogen-bond donors (Lipinski definition) is 1. The molecule has 20 heavy (non-hydrogen) atoms. The lowest BCUT2D eigenvalue weighted by atomic mass is 9.46. The lowest BCUT2D eigenvalue weighted by molar-refractivity contribution is -0.0850. The third kappa shape index (κ3) is 3.06. The molecular formula is C16H28O3S. The van der Waals surface area contributed by atoms with E-state index in [1.165, 1.54) is 38.5 Å². The van der Waals surface area contributed by atoms with Crippen LogP contribution in [0.4, 0.5) is 0 Å². The maximum atomic E-state index is 10.8. The Bertz CT molecular complexity index is 419. The molecule has 1 atom stereocenters. The highest BCUT2D eigenvalue weighted by Crippen LogP contribution is 2.63. The normalized spacial score (nSPS) is 41.0. The van der Waals surface area contributed by atoms with Gasteiger partial charge in [-0.25, -0.2) is 0 Å². The van der Waals surface area contributed by atoms with Gasteiger partial charge in [-0.15, -0.1) is 0 Å². The molecule has 4 rings (SSSR count). The van der Waals surface area contributed by atoms with Crippen LogP contribution >= 0.6 is 0 Å². The van der Waals surface area contributed by atoms with E-state index >= 15 is 0 Å². The Morgan fingerprint density at radius 2 is 1.55 bits per heavy atom. The summed E-state index contributed by atoms with van der Waals surface area (Å²) in [4.78, 5) is 0. The van der Waals surface area contributed by atoms with Crippen LogP contribution in [0.25, 0.3) is 0 Å². The average Bonchev–Trinajstić information content (AvgIpc) is 2.31. The van der Waals surface area contributed by atoms with Crippen LogP contribution in [0, 0.1) is 29.1 Å². The van der Waals surface area contributed by atoms with Crippen molar-refractivity contribution in [2.24, 2.45) is 29.1 Å². The van der Waals surface area contributed by atoms with Crippen LogP contribution in [0.15, 0.2) is 0 Å². The van der Waals surface area contributed by atoms with Gasteiger partial charge in [-0.3, -0.25) is 4.55 Å². The van der Waals surface area contributed by atoms with E-state index in [1.54, 1.807) is 0 Å². The molecule has 0 saturated heterocycles. The Kier molecular flexibility index (Phi) is 3.91. The van der Waals surface area contributed by atoms with Crippen molar-refractivity contribution >= 4 is 10.1 Å². The number of rotatable bonds is 6. The number of unbranched alkanes of at least 4 members (excludes halogenated alkanes) is 1. The summed E-state index contributed by atoms with van der Waals surface area (Å²) >= 11 is 0. The molecule has 3 nitrogen and oxygen atoms in total. The molecule has 0 aromatic carbocycles. The maximum Gasteiger partial charge on any atom is 0.264 e. The van der Waals surface area contributed by atoms with Gasteiger partial charge in [0.05, 0.1) is 5.75 Å². The Morgan fingerprint density at radius 1 is 1.05 bits per heavy atom. The Balaban J connectivity index is 1.53. The summed E-state index contributed by atoms with van der Waals surface area (Å²) < 4.78 is 30.3. The minimum absolute atomic E-state index is 0.0689. The van der Waals surface area contributed by atoms with E-state index in [1.807, 2.05) is 0 Å². The number of hydrogen-bond acceptors (Lipinski definition) is 2. The topological polar surface area (TPSA) is 54.4 Å². The molecule has 0 aromatic heterocycles. The summed E-state index contributed by atoms with van der Waals surface area (Å²) in [5.41, 5.74) is 0.576. The first-order valence-electron chi connectivity index (χ1n) is 8.31. The molecule has 0 amide bonds. The van der Waals surface area contributed by atoms with Crippen molar-refractivity contribution in [3.63, 3.8) is 0 Å². The predicted octanol–water partition coefficient (Wildman–Crippen LogP) is 3.90. The molecule has 0 heterocycles. The summed E-state index contributed by atoms with van der Waals surface area (Å²) in [7, 11) is -3.77. The zero-order valence-electron chi connectivity index (χ0n) is 12.6. The van der Waals surface area contributed by atoms with Crippen molar-refractivity contribution in [3.05, 3.63) is 0 Å². The van der Waals surface area contributed by atoms with E-state index in [4.69, 9.17) is 4.55 Å². The monoisotopic (exact) mass is 300 g/mol. The molecule has 0 spiro atoms. The fourth-order valence-electron chi connectivity index (χ4n) is 5.82. The molecule has 4 saturated carbocycles. The molecule has 4 fully saturated rings. The van der Waals surface area contributed by atoms with Crippen molar-refractivity contribution in [1.82, 2.24) is 0 Å². The average molecular weight is 300 g/mol. The SMILES string of the molecule is CC(CCCCS(=O)(=O)O)C12CC3CC(CC(C3)C1)C2. The van der Waals surface area contributed by atoms with Gasteiger partial charge in [-0.1, -0.05) is 19.8 Å². The third-order valence-electron chi connectivity index (χ3n) is 6.42. The van der Waals surface area contributed by atoms with E-state index in [0.29, 0.717) is 11.8 Å². The van der Waals surface area contributed by atoms with Crippen LogP contribution in [0.1, 0.15) is 64.7 Å². The summed E-state index contributed by atoms with van der Waals surface area (Å²) in [6, 6.07) is 0. The fraction of sp³-hybridized carbons (Fsp3) is 1.00. The van der Waals surface area contributed by atoms with Crippen LogP contribution in [0.2, 0.25) is 0 Å². The lowest BCUT2D eigenvalue weighted by Gasteiger charge is -2.59. The van der Waals surface area contributed by atoms with Crippen LogP contribution in [0.3, 0.4) is 0 Å². The second-order valence-electron chi connectivity index (χ2n) is 7.96. The molecule has 1 unspecified atom stereocenters. The largest absolute Gasteiger partial charge is 0.286 e. The first-order valence-corrected chi connectivity index (χ1v) is 9.92. The van der Waals surface area contributed by atoms with Gasteiger partial charge in [0.25, 0.3) is 10.1 Å². The third-order valence-corrected chi connectivity index (χ3v) is 7.23. The van der Waals surface area contributed by atoms with Gasteiger partial charge >= 0.3 is 0 Å². The molecule has 4 aliphatic carbocycles.